The number of hydrogen-bond acceptors (Lipinski definition) is 3. The number of nitrogens with one attached hydrogen (secondary N) is 1. The van der Waals surface area contributed by atoms with Crippen LogP contribution in [0.25, 0.3) is 0 Å². The van der Waals surface area contributed by atoms with Crippen molar-refractivity contribution < 1.29 is 4.74 Å². The fraction of sp³-hybridized carbons (Fsp3) is 1.00. The molecular formula is C18H36N2O. The van der Waals surface area contributed by atoms with E-state index in [1.807, 2.05) is 7.11 Å². The van der Waals surface area contributed by atoms with Crippen LogP contribution in [0.3, 0.4) is 0 Å². The van der Waals surface area contributed by atoms with Crippen LogP contribution in [-0.4, -0.2) is 50.8 Å². The van der Waals surface area contributed by atoms with Crippen molar-refractivity contribution >= 4 is 0 Å². The Labute approximate surface area is 131 Å². The molecular weight excluding hydrogens is 260 g/mol. The largest absolute Gasteiger partial charge is 0.384 e. The van der Waals surface area contributed by atoms with Crippen molar-refractivity contribution in [3.8, 4) is 0 Å². The maximum Gasteiger partial charge on any atom is 0.0503 e. The molecule has 1 heterocycles. The number of hydrogen-bond donors (Lipinski definition) is 1. The van der Waals surface area contributed by atoms with Crippen LogP contribution in [0, 0.1) is 23.7 Å². The predicted molar refractivity (Wildman–Crippen MR) is 89.6 cm³/mol. The van der Waals surface area contributed by atoms with Gasteiger partial charge < -0.3 is 15.0 Å². The average molecular weight is 296 g/mol. The van der Waals surface area contributed by atoms with Crippen molar-refractivity contribution in [3.63, 3.8) is 0 Å². The fourth-order valence-electron chi connectivity index (χ4n) is 4.53. The lowest BCUT2D eigenvalue weighted by molar-refractivity contribution is 0.104. The fourth-order valence-corrected chi connectivity index (χ4v) is 4.53. The lowest BCUT2D eigenvalue weighted by Crippen LogP contribution is -2.49. The van der Waals surface area contributed by atoms with Crippen LogP contribution >= 0.6 is 0 Å². The Hall–Kier alpha value is -0.120. The van der Waals surface area contributed by atoms with Crippen molar-refractivity contribution in [2.24, 2.45) is 23.7 Å². The second kappa shape index (κ2) is 8.50. The second-order valence-electron chi connectivity index (χ2n) is 7.65. The minimum Gasteiger partial charge on any atom is -0.384 e. The smallest absolute Gasteiger partial charge is 0.0503 e. The molecule has 0 spiro atoms. The van der Waals surface area contributed by atoms with E-state index in [2.05, 4.69) is 31.0 Å². The summed E-state index contributed by atoms with van der Waals surface area (Å²) in [5.41, 5.74) is 0. The van der Waals surface area contributed by atoms with Crippen molar-refractivity contribution in [3.05, 3.63) is 0 Å². The molecule has 1 aliphatic heterocycles. The molecule has 1 saturated heterocycles. The molecule has 2 aliphatic rings. The maximum atomic E-state index is 5.33. The van der Waals surface area contributed by atoms with Gasteiger partial charge in [-0.1, -0.05) is 20.8 Å². The molecule has 3 heteroatoms. The summed E-state index contributed by atoms with van der Waals surface area (Å²) in [4.78, 5) is 2.70. The molecule has 21 heavy (non-hydrogen) atoms. The number of rotatable bonds is 7. The summed E-state index contributed by atoms with van der Waals surface area (Å²) in [6.45, 7) is 13.1. The second-order valence-corrected chi connectivity index (χ2v) is 7.65. The zero-order valence-corrected chi connectivity index (χ0v) is 14.6. The van der Waals surface area contributed by atoms with Crippen LogP contribution < -0.4 is 5.32 Å². The Morgan fingerprint density at radius 1 is 1.24 bits per heavy atom. The van der Waals surface area contributed by atoms with Crippen LogP contribution in [-0.2, 0) is 4.74 Å². The highest BCUT2D eigenvalue weighted by Gasteiger charge is 2.35. The minimum absolute atomic E-state index is 0.727. The molecule has 0 bridgehead atoms. The first-order chi connectivity index (χ1) is 10.1. The van der Waals surface area contributed by atoms with Gasteiger partial charge in [0.15, 0.2) is 0 Å². The first-order valence-corrected chi connectivity index (χ1v) is 9.08. The summed E-state index contributed by atoms with van der Waals surface area (Å²) in [7, 11) is 1.83. The van der Waals surface area contributed by atoms with Gasteiger partial charge in [-0.3, -0.25) is 0 Å². The maximum absolute atomic E-state index is 5.33. The molecule has 124 valence electrons. The standard InChI is InChI=1S/C18H36N2O/c1-5-7-19-18-10-14(2)9-15(3)17(18)12-20-8-6-16(11-20)13-21-4/h14-19H,5-13H2,1-4H3. The van der Waals surface area contributed by atoms with Gasteiger partial charge in [0.05, 0.1) is 6.61 Å². The molecule has 1 saturated carbocycles. The lowest BCUT2D eigenvalue weighted by Gasteiger charge is -2.42. The van der Waals surface area contributed by atoms with Crippen molar-refractivity contribution in [2.45, 2.75) is 52.5 Å². The lowest BCUT2D eigenvalue weighted by atomic mass is 9.72. The molecule has 0 aromatic carbocycles. The number of nitrogens with zero attached hydrogens (tertiary/aromatic N) is 1. The molecule has 0 amide bonds. The zero-order chi connectivity index (χ0) is 15.2. The van der Waals surface area contributed by atoms with Gasteiger partial charge in [-0.15, -0.1) is 0 Å². The molecule has 2 fully saturated rings. The Morgan fingerprint density at radius 3 is 2.76 bits per heavy atom. The third-order valence-corrected chi connectivity index (χ3v) is 5.58. The van der Waals surface area contributed by atoms with Gasteiger partial charge >= 0.3 is 0 Å². The highest BCUT2D eigenvalue weighted by Crippen LogP contribution is 2.35. The van der Waals surface area contributed by atoms with E-state index >= 15 is 0 Å². The zero-order valence-electron chi connectivity index (χ0n) is 14.6. The molecule has 1 N–H and O–H groups in total. The third kappa shape index (κ3) is 4.94. The first-order valence-electron chi connectivity index (χ1n) is 9.08. The van der Waals surface area contributed by atoms with Crippen molar-refractivity contribution in [1.82, 2.24) is 10.2 Å². The van der Waals surface area contributed by atoms with E-state index in [4.69, 9.17) is 4.74 Å². The monoisotopic (exact) mass is 296 g/mol. The summed E-state index contributed by atoms with van der Waals surface area (Å²) < 4.78 is 5.33. The molecule has 0 aromatic rings. The van der Waals surface area contributed by atoms with Crippen molar-refractivity contribution in [2.75, 3.05) is 39.9 Å². The Morgan fingerprint density at radius 2 is 2.05 bits per heavy atom. The quantitative estimate of drug-likeness (QED) is 0.781. The van der Waals surface area contributed by atoms with Gasteiger partial charge in [0.2, 0.25) is 0 Å². The number of likely N-dealkylation sites (tertiary alicyclic amines) is 1. The topological polar surface area (TPSA) is 24.5 Å². The first kappa shape index (κ1) is 17.2. The molecule has 0 aromatic heterocycles. The van der Waals surface area contributed by atoms with E-state index in [1.165, 1.54) is 51.9 Å². The summed E-state index contributed by atoms with van der Waals surface area (Å²) in [6.07, 6.45) is 5.33. The summed E-state index contributed by atoms with van der Waals surface area (Å²) in [6, 6.07) is 0.727. The van der Waals surface area contributed by atoms with Gasteiger partial charge in [0.25, 0.3) is 0 Å². The van der Waals surface area contributed by atoms with Gasteiger partial charge in [0, 0.05) is 26.2 Å². The van der Waals surface area contributed by atoms with E-state index in [0.717, 1.165) is 36.3 Å². The molecule has 5 unspecified atom stereocenters. The van der Waals surface area contributed by atoms with Gasteiger partial charge in [0.1, 0.15) is 0 Å². The van der Waals surface area contributed by atoms with Gasteiger partial charge in [-0.25, -0.2) is 0 Å². The highest BCUT2D eigenvalue weighted by atomic mass is 16.5. The van der Waals surface area contributed by atoms with E-state index in [1.54, 1.807) is 0 Å². The number of ether oxygens (including phenoxy) is 1. The Bertz CT molecular complexity index is 297. The van der Waals surface area contributed by atoms with E-state index in [0.29, 0.717) is 0 Å². The summed E-state index contributed by atoms with van der Waals surface area (Å²) >= 11 is 0. The van der Waals surface area contributed by atoms with Crippen LogP contribution in [0.15, 0.2) is 0 Å². The molecule has 2 rings (SSSR count). The van der Waals surface area contributed by atoms with Gasteiger partial charge in [-0.2, -0.15) is 0 Å². The normalized spacial score (nSPS) is 38.0. The molecule has 1 aliphatic carbocycles. The Balaban J connectivity index is 1.88. The minimum atomic E-state index is 0.727. The molecule has 0 radical (unpaired) electrons. The van der Waals surface area contributed by atoms with Gasteiger partial charge in [-0.05, 0) is 62.4 Å². The van der Waals surface area contributed by atoms with Crippen LogP contribution in [0.5, 0.6) is 0 Å². The molecule has 3 nitrogen and oxygen atoms in total. The molecule has 5 atom stereocenters. The predicted octanol–water partition coefficient (Wildman–Crippen LogP) is 3.01. The Kier molecular flexibility index (Phi) is 6.97. The summed E-state index contributed by atoms with van der Waals surface area (Å²) in [5, 5.41) is 3.84. The average Bonchev–Trinajstić information content (AvgIpc) is 2.87. The van der Waals surface area contributed by atoms with Crippen LogP contribution in [0.2, 0.25) is 0 Å². The third-order valence-electron chi connectivity index (χ3n) is 5.58. The van der Waals surface area contributed by atoms with E-state index in [-0.39, 0.29) is 0 Å². The van der Waals surface area contributed by atoms with E-state index in [9.17, 15) is 0 Å². The van der Waals surface area contributed by atoms with Crippen molar-refractivity contribution in [1.29, 1.82) is 0 Å². The van der Waals surface area contributed by atoms with Crippen LogP contribution in [0.4, 0.5) is 0 Å². The van der Waals surface area contributed by atoms with E-state index < -0.39 is 0 Å². The summed E-state index contributed by atoms with van der Waals surface area (Å²) in [5.74, 6) is 3.32. The number of methoxy groups -OCH3 is 1. The van der Waals surface area contributed by atoms with Crippen LogP contribution in [0.1, 0.15) is 46.5 Å². The SMILES string of the molecule is CCCNC1CC(C)CC(C)C1CN1CCC(COC)C1. The highest BCUT2D eigenvalue weighted by molar-refractivity contribution is 4.90.